The lowest BCUT2D eigenvalue weighted by atomic mass is 10.1. The van der Waals surface area contributed by atoms with Gasteiger partial charge in [-0.2, -0.15) is 0 Å². The number of carboxylic acids is 1. The van der Waals surface area contributed by atoms with Crippen LogP contribution in [0.1, 0.15) is 90.4 Å². The first kappa shape index (κ1) is 21.9. The van der Waals surface area contributed by atoms with Gasteiger partial charge in [0.15, 0.2) is 0 Å². The summed E-state index contributed by atoms with van der Waals surface area (Å²) >= 11 is 0. The molecule has 0 saturated carbocycles. The van der Waals surface area contributed by atoms with Gasteiger partial charge in [0.05, 0.1) is 6.42 Å². The summed E-state index contributed by atoms with van der Waals surface area (Å²) in [5.74, 6) is -1.04. The summed E-state index contributed by atoms with van der Waals surface area (Å²) in [5, 5.41) is 8.46. The Morgan fingerprint density at radius 1 is 0.913 bits per heavy atom. The molecule has 0 radical (unpaired) electrons. The zero-order valence-electron chi connectivity index (χ0n) is 14.8. The first-order chi connectivity index (χ1) is 11.2. The summed E-state index contributed by atoms with van der Waals surface area (Å²) in [6, 6.07) is 0. The van der Waals surface area contributed by atoms with E-state index in [4.69, 9.17) is 5.11 Å². The Bertz CT molecular complexity index is 324. The molecule has 0 aromatic heterocycles. The van der Waals surface area contributed by atoms with E-state index in [0.29, 0.717) is 6.42 Å². The van der Waals surface area contributed by atoms with Crippen molar-refractivity contribution < 1.29 is 14.3 Å². The minimum atomic E-state index is -1.18. The molecule has 0 fully saturated rings. The van der Waals surface area contributed by atoms with E-state index in [0.717, 1.165) is 32.1 Å². The van der Waals surface area contributed by atoms with E-state index in [1.165, 1.54) is 38.5 Å². The fraction of sp³-hybridized carbons (Fsp3) is 0.750. The molecule has 0 aromatic rings. The molecule has 23 heavy (non-hydrogen) atoms. The van der Waals surface area contributed by atoms with Crippen molar-refractivity contribution in [2.24, 2.45) is 0 Å². The molecule has 0 heterocycles. The van der Waals surface area contributed by atoms with Crippen LogP contribution < -0.4 is 0 Å². The Hall–Kier alpha value is -1.12. The van der Waals surface area contributed by atoms with E-state index in [-0.39, 0.29) is 6.42 Å². The van der Waals surface area contributed by atoms with Gasteiger partial charge < -0.3 is 5.11 Å². The van der Waals surface area contributed by atoms with Gasteiger partial charge in [-0.25, -0.2) is 4.39 Å². The fourth-order valence-electron chi connectivity index (χ4n) is 2.47. The summed E-state index contributed by atoms with van der Waals surface area (Å²) in [7, 11) is 0. The average Bonchev–Trinajstić information content (AvgIpc) is 2.50. The molecule has 0 aliphatic rings. The Morgan fingerprint density at radius 3 is 2.09 bits per heavy atom. The lowest BCUT2D eigenvalue weighted by Crippen LogP contribution is -2.07. The Morgan fingerprint density at radius 2 is 1.48 bits per heavy atom. The van der Waals surface area contributed by atoms with Crippen LogP contribution in [-0.4, -0.2) is 17.2 Å². The second-order valence-corrected chi connectivity index (χ2v) is 6.21. The number of hydrogen-bond acceptors (Lipinski definition) is 1. The topological polar surface area (TPSA) is 37.3 Å². The molecule has 0 aliphatic heterocycles. The Kier molecular flexibility index (Phi) is 16.4. The summed E-state index contributed by atoms with van der Waals surface area (Å²) in [6.45, 7) is 2.23. The van der Waals surface area contributed by atoms with Crippen LogP contribution in [0.5, 0.6) is 0 Å². The smallest absolute Gasteiger partial charge is 0.306 e. The van der Waals surface area contributed by atoms with E-state index >= 15 is 0 Å². The van der Waals surface area contributed by atoms with Crippen molar-refractivity contribution in [2.45, 2.75) is 96.6 Å². The molecule has 0 unspecified atom stereocenters. The molecule has 0 spiro atoms. The number of halogens is 1. The predicted molar refractivity (Wildman–Crippen MR) is 96.5 cm³/mol. The van der Waals surface area contributed by atoms with Crippen molar-refractivity contribution in [3.05, 3.63) is 24.3 Å². The van der Waals surface area contributed by atoms with Gasteiger partial charge in [-0.1, -0.05) is 69.8 Å². The van der Waals surface area contributed by atoms with Gasteiger partial charge in [-0.3, -0.25) is 4.79 Å². The van der Waals surface area contributed by atoms with Gasteiger partial charge in [0.25, 0.3) is 0 Å². The van der Waals surface area contributed by atoms with E-state index in [1.807, 2.05) is 0 Å². The zero-order valence-corrected chi connectivity index (χ0v) is 14.8. The van der Waals surface area contributed by atoms with E-state index in [9.17, 15) is 9.18 Å². The maximum Gasteiger partial charge on any atom is 0.306 e. The van der Waals surface area contributed by atoms with Crippen LogP contribution in [-0.2, 0) is 4.79 Å². The number of carbonyl (C=O) groups is 1. The number of hydrogen-bond donors (Lipinski definition) is 1. The van der Waals surface area contributed by atoms with E-state index in [1.54, 1.807) is 0 Å². The van der Waals surface area contributed by atoms with Crippen LogP contribution in [0, 0.1) is 0 Å². The number of alkyl halides is 1. The molecule has 0 amide bonds. The minimum absolute atomic E-state index is 0.349. The van der Waals surface area contributed by atoms with Crippen molar-refractivity contribution >= 4 is 5.97 Å². The third-order valence-electron chi connectivity index (χ3n) is 3.86. The third kappa shape index (κ3) is 18.8. The highest BCUT2D eigenvalue weighted by Crippen LogP contribution is 2.12. The molecular weight excluding hydrogens is 291 g/mol. The summed E-state index contributed by atoms with van der Waals surface area (Å²) in [4.78, 5) is 10.3. The second-order valence-electron chi connectivity index (χ2n) is 6.21. The number of rotatable bonds is 16. The van der Waals surface area contributed by atoms with Gasteiger partial charge in [0.1, 0.15) is 6.17 Å². The minimum Gasteiger partial charge on any atom is -0.481 e. The highest BCUT2D eigenvalue weighted by Gasteiger charge is 2.10. The molecule has 0 rings (SSSR count). The predicted octanol–water partition coefficient (Wildman–Crippen LogP) is 6.61. The highest BCUT2D eigenvalue weighted by atomic mass is 19.1. The van der Waals surface area contributed by atoms with Gasteiger partial charge in [0.2, 0.25) is 0 Å². The number of carboxylic acid groups (broad SMARTS) is 1. The van der Waals surface area contributed by atoms with E-state index < -0.39 is 12.1 Å². The molecule has 0 saturated heterocycles. The molecule has 2 nitrogen and oxygen atoms in total. The van der Waals surface area contributed by atoms with Crippen LogP contribution >= 0.6 is 0 Å². The lowest BCUT2D eigenvalue weighted by molar-refractivity contribution is -0.138. The Labute approximate surface area is 141 Å². The second kappa shape index (κ2) is 17.2. The molecule has 0 aliphatic carbocycles. The van der Waals surface area contributed by atoms with Crippen LogP contribution in [0.2, 0.25) is 0 Å². The van der Waals surface area contributed by atoms with Crippen LogP contribution in [0.3, 0.4) is 0 Å². The fourth-order valence-corrected chi connectivity index (χ4v) is 2.47. The van der Waals surface area contributed by atoms with Crippen LogP contribution in [0.4, 0.5) is 4.39 Å². The van der Waals surface area contributed by atoms with Crippen molar-refractivity contribution in [3.63, 3.8) is 0 Å². The Balaban J connectivity index is 3.26. The van der Waals surface area contributed by atoms with Crippen molar-refractivity contribution in [1.82, 2.24) is 0 Å². The monoisotopic (exact) mass is 326 g/mol. The first-order valence-electron chi connectivity index (χ1n) is 9.32. The molecule has 3 heteroatoms. The number of allylic oxidation sites excluding steroid dienone is 4. The quantitative estimate of drug-likeness (QED) is 0.256. The van der Waals surface area contributed by atoms with Crippen LogP contribution in [0.25, 0.3) is 0 Å². The van der Waals surface area contributed by atoms with Crippen molar-refractivity contribution in [2.75, 3.05) is 0 Å². The summed E-state index contributed by atoms with van der Waals surface area (Å²) in [5.41, 5.74) is 0. The lowest BCUT2D eigenvalue weighted by Gasteiger charge is -2.04. The van der Waals surface area contributed by atoms with Crippen molar-refractivity contribution in [1.29, 1.82) is 0 Å². The molecule has 0 aromatic carbocycles. The van der Waals surface area contributed by atoms with Gasteiger partial charge in [-0.15, -0.1) is 0 Å². The maximum absolute atomic E-state index is 13.1. The number of unbranched alkanes of at least 4 members (excludes halogenated alkanes) is 8. The number of aliphatic carboxylic acids is 1. The highest BCUT2D eigenvalue weighted by molar-refractivity contribution is 5.67. The van der Waals surface area contributed by atoms with Crippen molar-refractivity contribution in [3.8, 4) is 0 Å². The van der Waals surface area contributed by atoms with Crippen LogP contribution in [0.15, 0.2) is 24.3 Å². The third-order valence-corrected chi connectivity index (χ3v) is 3.86. The molecular formula is C20H35FO2. The van der Waals surface area contributed by atoms with E-state index in [2.05, 4.69) is 31.2 Å². The normalized spacial score (nSPS) is 13.1. The summed E-state index contributed by atoms with van der Waals surface area (Å²) < 4.78 is 13.1. The van der Waals surface area contributed by atoms with Gasteiger partial charge in [0, 0.05) is 0 Å². The first-order valence-corrected chi connectivity index (χ1v) is 9.32. The van der Waals surface area contributed by atoms with Gasteiger partial charge in [-0.05, 0) is 38.5 Å². The maximum atomic E-state index is 13.1. The molecule has 134 valence electrons. The SMILES string of the molecule is CCCCC/C=C\C/C=C\CCCCCCC[C@H](F)CC(=O)O. The van der Waals surface area contributed by atoms with Gasteiger partial charge >= 0.3 is 5.97 Å². The standard InChI is InChI=1S/C20H35FO2/c1-2-3-4-5-6-7-8-9-10-11-12-13-14-15-16-17-19(21)18-20(22)23/h6-7,9-10,19H,2-5,8,11-18H2,1H3,(H,22,23)/b7-6-,10-9-/t19-/m0/s1. The largest absolute Gasteiger partial charge is 0.481 e. The average molecular weight is 326 g/mol. The molecule has 0 bridgehead atoms. The zero-order chi connectivity index (χ0) is 17.2. The molecule has 1 N–H and O–H groups in total. The molecule has 1 atom stereocenters. The summed E-state index contributed by atoms with van der Waals surface area (Å²) in [6.07, 6.45) is 20.4.